The van der Waals surface area contributed by atoms with Crippen LogP contribution in [0.2, 0.25) is 0 Å². The number of aliphatic imine (C=N–C) groups is 1. The highest BCUT2D eigenvalue weighted by Gasteiger charge is 2.51. The van der Waals surface area contributed by atoms with Crippen molar-refractivity contribution in [1.29, 1.82) is 5.26 Å². The molecule has 0 amide bonds. The van der Waals surface area contributed by atoms with Crippen molar-refractivity contribution >= 4 is 18.5 Å². The number of nitriles is 1. The van der Waals surface area contributed by atoms with E-state index in [4.69, 9.17) is 0 Å². The topological polar surface area (TPSA) is 104 Å². The van der Waals surface area contributed by atoms with Crippen molar-refractivity contribution in [3.63, 3.8) is 0 Å². The molecule has 7 nitrogen and oxygen atoms in total. The highest BCUT2D eigenvalue weighted by molar-refractivity contribution is 6.58. The third-order valence-electron chi connectivity index (χ3n) is 7.02. The van der Waals surface area contributed by atoms with Crippen molar-refractivity contribution in [2.24, 2.45) is 4.99 Å². The molecule has 0 spiro atoms. The summed E-state index contributed by atoms with van der Waals surface area (Å²) in [6.45, 7) is 0. The fraction of sp³-hybridized carbons (Fsp3) is 0.440. The van der Waals surface area contributed by atoms with E-state index in [9.17, 15) is 19.7 Å². The molecule has 2 aromatic rings. The molecule has 2 aliphatic rings. The van der Waals surface area contributed by atoms with Gasteiger partial charge in [0.05, 0.1) is 5.54 Å². The molecule has 0 bridgehead atoms. The number of halogens is 1. The largest absolute Gasteiger partial charge is 0.488 e. The Hall–Kier alpha value is -2.93. The van der Waals surface area contributed by atoms with E-state index in [-0.39, 0.29) is 23.4 Å². The van der Waals surface area contributed by atoms with Crippen LogP contribution in [0, 0.1) is 17.3 Å². The second-order valence-corrected chi connectivity index (χ2v) is 9.64. The van der Waals surface area contributed by atoms with Crippen LogP contribution in [-0.4, -0.2) is 59.7 Å². The normalized spacial score (nSPS) is 19.7. The van der Waals surface area contributed by atoms with Crippen molar-refractivity contribution in [2.45, 2.75) is 56.1 Å². The molecule has 0 saturated heterocycles. The lowest BCUT2D eigenvalue weighted by atomic mass is 9.79. The summed E-state index contributed by atoms with van der Waals surface area (Å²) in [6.07, 6.45) is 7.00. The standard InChI is InChI=1S/C25H31BFN5O2/c1-32(2)23(13-17-3-7-20(8-4-17)26(33)34)25(11-12-25)31-24(29-16-28)30-22-10-6-18-14-21(27)9-5-19(18)15-22/h3-5,7-9,14,22-23,33-34H,6,10-13,15H2,1-2H3,(H2,29,30,31). The molecule has 0 aromatic heterocycles. The first-order chi connectivity index (χ1) is 16.3. The minimum atomic E-state index is -1.48. The fourth-order valence-corrected chi connectivity index (χ4v) is 5.02. The molecule has 0 aliphatic heterocycles. The number of nitrogens with zero attached hydrogens (tertiary/aromatic N) is 3. The Kier molecular flexibility index (Phi) is 7.22. The molecule has 4 N–H and O–H groups in total. The van der Waals surface area contributed by atoms with Crippen molar-refractivity contribution in [1.82, 2.24) is 15.5 Å². The molecule has 34 heavy (non-hydrogen) atoms. The molecule has 9 heteroatoms. The molecule has 2 atom stereocenters. The first-order valence-electron chi connectivity index (χ1n) is 11.7. The molecule has 2 unspecified atom stereocenters. The smallest absolute Gasteiger partial charge is 0.423 e. The van der Waals surface area contributed by atoms with Crippen LogP contribution in [0.25, 0.3) is 0 Å². The molecular weight excluding hydrogens is 432 g/mol. The third kappa shape index (κ3) is 5.58. The summed E-state index contributed by atoms with van der Waals surface area (Å²) in [6, 6.07) is 12.5. The van der Waals surface area contributed by atoms with Crippen LogP contribution in [0.3, 0.4) is 0 Å². The van der Waals surface area contributed by atoms with E-state index in [2.05, 4.69) is 20.5 Å². The molecular formula is C25H31BFN5O2. The summed E-state index contributed by atoms with van der Waals surface area (Å²) in [4.78, 5) is 6.24. The van der Waals surface area contributed by atoms with Gasteiger partial charge >= 0.3 is 7.12 Å². The number of likely N-dealkylation sites (N-methyl/N-ethyl adjacent to an activating group) is 1. The van der Waals surface area contributed by atoms with Gasteiger partial charge in [0.15, 0.2) is 0 Å². The van der Waals surface area contributed by atoms with Crippen molar-refractivity contribution in [2.75, 3.05) is 14.1 Å². The third-order valence-corrected chi connectivity index (χ3v) is 7.02. The van der Waals surface area contributed by atoms with Gasteiger partial charge in [0.2, 0.25) is 12.2 Å². The number of benzene rings is 2. The Morgan fingerprint density at radius 2 is 1.97 bits per heavy atom. The summed E-state index contributed by atoms with van der Waals surface area (Å²) in [7, 11) is 2.62. The maximum atomic E-state index is 13.5. The Balaban J connectivity index is 1.45. The number of hydrogen-bond acceptors (Lipinski definition) is 5. The maximum Gasteiger partial charge on any atom is 0.488 e. The van der Waals surface area contributed by atoms with Crippen LogP contribution in [0.1, 0.15) is 36.0 Å². The van der Waals surface area contributed by atoms with E-state index >= 15 is 0 Å². The summed E-state index contributed by atoms with van der Waals surface area (Å²) < 4.78 is 13.5. The molecule has 0 heterocycles. The van der Waals surface area contributed by atoms with Gasteiger partial charge in [-0.2, -0.15) is 5.26 Å². The molecule has 1 saturated carbocycles. The number of fused-ring (bicyclic) bond motifs is 1. The molecule has 2 aromatic carbocycles. The second-order valence-electron chi connectivity index (χ2n) is 9.64. The monoisotopic (exact) mass is 463 g/mol. The quantitative estimate of drug-likeness (QED) is 0.212. The number of nitrogens with one attached hydrogen (secondary N) is 2. The summed E-state index contributed by atoms with van der Waals surface area (Å²) in [5, 5.41) is 35.0. The Labute approximate surface area is 200 Å². The molecule has 178 valence electrons. The van der Waals surface area contributed by atoms with Crippen LogP contribution in [-0.2, 0) is 19.3 Å². The van der Waals surface area contributed by atoms with Gasteiger partial charge in [-0.15, -0.1) is 4.99 Å². The van der Waals surface area contributed by atoms with Crippen LogP contribution < -0.4 is 16.1 Å². The Morgan fingerprint density at radius 1 is 1.24 bits per heavy atom. The van der Waals surface area contributed by atoms with Gasteiger partial charge in [-0.1, -0.05) is 30.3 Å². The fourth-order valence-electron chi connectivity index (χ4n) is 5.02. The number of hydrogen-bond donors (Lipinski definition) is 4. The van der Waals surface area contributed by atoms with Crippen LogP contribution >= 0.6 is 0 Å². The van der Waals surface area contributed by atoms with Crippen LogP contribution in [0.4, 0.5) is 4.39 Å². The molecule has 0 radical (unpaired) electrons. The summed E-state index contributed by atoms with van der Waals surface area (Å²) in [5.41, 5.74) is 3.53. The zero-order valence-electron chi connectivity index (χ0n) is 19.6. The van der Waals surface area contributed by atoms with Gasteiger partial charge in [0.1, 0.15) is 5.82 Å². The number of rotatable bonds is 7. The van der Waals surface area contributed by atoms with Crippen LogP contribution in [0.5, 0.6) is 0 Å². The highest BCUT2D eigenvalue weighted by atomic mass is 19.1. The van der Waals surface area contributed by atoms with Gasteiger partial charge in [-0.25, -0.2) is 4.39 Å². The van der Waals surface area contributed by atoms with E-state index in [1.54, 1.807) is 18.2 Å². The summed E-state index contributed by atoms with van der Waals surface area (Å²) >= 11 is 0. The van der Waals surface area contributed by atoms with E-state index in [0.29, 0.717) is 11.4 Å². The van der Waals surface area contributed by atoms with E-state index in [1.807, 2.05) is 38.5 Å². The van der Waals surface area contributed by atoms with Gasteiger partial charge in [0, 0.05) is 12.1 Å². The minimum Gasteiger partial charge on any atom is -0.423 e. The van der Waals surface area contributed by atoms with Crippen LogP contribution in [0.15, 0.2) is 47.5 Å². The molecule has 1 fully saturated rings. The average molecular weight is 463 g/mol. The first-order valence-corrected chi connectivity index (χ1v) is 11.7. The lowest BCUT2D eigenvalue weighted by Gasteiger charge is -2.35. The SMILES string of the molecule is CN(C)C(Cc1ccc(B(O)O)cc1)C1(NC(=NC#N)NC2CCc3cc(F)ccc3C2)CC1. The Morgan fingerprint density at radius 3 is 2.59 bits per heavy atom. The summed E-state index contributed by atoms with van der Waals surface area (Å²) in [5.74, 6) is 0.285. The molecule has 4 rings (SSSR count). The van der Waals surface area contributed by atoms with Gasteiger partial charge in [0.25, 0.3) is 0 Å². The molecule has 2 aliphatic carbocycles. The first kappa shape index (κ1) is 24.2. The predicted octanol–water partition coefficient (Wildman–Crippen LogP) is 1.08. The predicted molar refractivity (Wildman–Crippen MR) is 131 cm³/mol. The van der Waals surface area contributed by atoms with Gasteiger partial charge in [-0.3, -0.25) is 0 Å². The second kappa shape index (κ2) is 10.1. The van der Waals surface area contributed by atoms with Crippen molar-refractivity contribution in [3.8, 4) is 6.19 Å². The average Bonchev–Trinajstić information content (AvgIpc) is 3.58. The number of aryl methyl sites for hydroxylation is 1. The zero-order chi connectivity index (χ0) is 24.3. The van der Waals surface area contributed by atoms with E-state index in [0.717, 1.165) is 55.2 Å². The van der Waals surface area contributed by atoms with E-state index in [1.165, 1.54) is 6.07 Å². The van der Waals surface area contributed by atoms with Gasteiger partial charge in [-0.05, 0) is 86.9 Å². The lowest BCUT2D eigenvalue weighted by molar-refractivity contribution is 0.226. The van der Waals surface area contributed by atoms with Gasteiger partial charge < -0.3 is 25.6 Å². The van der Waals surface area contributed by atoms with E-state index < -0.39 is 7.12 Å². The van der Waals surface area contributed by atoms with Crippen molar-refractivity contribution in [3.05, 3.63) is 65.0 Å². The Bertz CT molecular complexity index is 1080. The number of guanidine groups is 1. The highest BCUT2D eigenvalue weighted by Crippen LogP contribution is 2.41. The minimum absolute atomic E-state index is 0.114. The lowest BCUT2D eigenvalue weighted by Crippen LogP contribution is -2.57. The van der Waals surface area contributed by atoms with Crippen molar-refractivity contribution < 1.29 is 14.4 Å². The maximum absolute atomic E-state index is 13.5. The zero-order valence-corrected chi connectivity index (χ0v) is 19.6.